The van der Waals surface area contributed by atoms with Crippen molar-refractivity contribution in [1.29, 1.82) is 5.26 Å². The number of piperazine rings is 1. The average Bonchev–Trinajstić information content (AvgIpc) is 3.26. The Morgan fingerprint density at radius 3 is 2.69 bits per heavy atom. The van der Waals surface area contributed by atoms with E-state index in [4.69, 9.17) is 5.26 Å². The van der Waals surface area contributed by atoms with Gasteiger partial charge in [0.1, 0.15) is 11.7 Å². The number of benzene rings is 1. The number of halogens is 3. The Labute approximate surface area is 168 Å². The van der Waals surface area contributed by atoms with Crippen LogP contribution in [0.1, 0.15) is 21.6 Å². The first-order chi connectivity index (χ1) is 13.8. The predicted octanol–water partition coefficient (Wildman–Crippen LogP) is 2.11. The highest BCUT2D eigenvalue weighted by atomic mass is 32.1. The van der Waals surface area contributed by atoms with Crippen LogP contribution in [-0.4, -0.2) is 54.4 Å². The summed E-state index contributed by atoms with van der Waals surface area (Å²) in [5, 5.41) is 13.1. The van der Waals surface area contributed by atoms with Crippen molar-refractivity contribution in [3.05, 3.63) is 45.9 Å². The molecule has 2 aromatic rings. The Hall–Kier alpha value is -3.13. The normalized spacial score (nSPS) is 17.0. The molecule has 0 aliphatic carbocycles. The highest BCUT2D eigenvalue weighted by Crippen LogP contribution is 2.35. The van der Waals surface area contributed by atoms with Crippen molar-refractivity contribution in [2.75, 3.05) is 31.6 Å². The standard InChI is InChI=1S/C18H16F3N5O2S/c1-23-16(27)15-8-25(17(28)14-9-29-10-24-14)4-5-26(15)12-3-2-11(7-22)13(6-12)18(19,20)21/h2-3,6,9-10,15H,4-5,8H2,1H3,(H,23,27). The lowest BCUT2D eigenvalue weighted by Crippen LogP contribution is -2.60. The minimum absolute atomic E-state index is 0.00259. The molecule has 2 heterocycles. The molecule has 1 aliphatic heterocycles. The van der Waals surface area contributed by atoms with E-state index in [0.29, 0.717) is 0 Å². The third-order valence-corrected chi connectivity index (χ3v) is 5.22. The van der Waals surface area contributed by atoms with Gasteiger partial charge in [-0.2, -0.15) is 18.4 Å². The SMILES string of the molecule is CNC(=O)C1CN(C(=O)c2cscn2)CCN1c1ccc(C#N)c(C(F)(F)F)c1. The van der Waals surface area contributed by atoms with E-state index in [0.717, 1.165) is 12.1 Å². The molecule has 152 valence electrons. The number of alkyl halides is 3. The van der Waals surface area contributed by atoms with Gasteiger partial charge >= 0.3 is 6.18 Å². The summed E-state index contributed by atoms with van der Waals surface area (Å²) in [5.74, 6) is -0.769. The summed E-state index contributed by atoms with van der Waals surface area (Å²) < 4.78 is 40.0. The lowest BCUT2D eigenvalue weighted by Gasteiger charge is -2.41. The Kier molecular flexibility index (Phi) is 5.74. The monoisotopic (exact) mass is 423 g/mol. The van der Waals surface area contributed by atoms with Gasteiger partial charge in [-0.25, -0.2) is 4.98 Å². The number of nitrogens with one attached hydrogen (secondary N) is 1. The van der Waals surface area contributed by atoms with Gasteiger partial charge in [0.05, 0.1) is 29.3 Å². The van der Waals surface area contributed by atoms with Crippen LogP contribution < -0.4 is 10.2 Å². The molecule has 1 saturated heterocycles. The molecule has 0 bridgehead atoms. The average molecular weight is 423 g/mol. The molecule has 1 fully saturated rings. The minimum Gasteiger partial charge on any atom is -0.357 e. The van der Waals surface area contributed by atoms with Crippen molar-refractivity contribution in [2.24, 2.45) is 0 Å². The number of hydrogen-bond acceptors (Lipinski definition) is 6. The number of anilines is 1. The van der Waals surface area contributed by atoms with Crippen molar-refractivity contribution in [3.8, 4) is 6.07 Å². The summed E-state index contributed by atoms with van der Waals surface area (Å²) >= 11 is 1.27. The molecule has 1 atom stereocenters. The van der Waals surface area contributed by atoms with Crippen LogP contribution in [0.15, 0.2) is 29.1 Å². The molecule has 2 amide bonds. The van der Waals surface area contributed by atoms with Gasteiger partial charge in [-0.15, -0.1) is 11.3 Å². The van der Waals surface area contributed by atoms with Gasteiger partial charge in [0, 0.05) is 31.2 Å². The first-order valence-electron chi connectivity index (χ1n) is 8.53. The minimum atomic E-state index is -4.70. The zero-order valence-corrected chi connectivity index (χ0v) is 16.0. The van der Waals surface area contributed by atoms with Crippen molar-refractivity contribution in [2.45, 2.75) is 12.2 Å². The van der Waals surface area contributed by atoms with Gasteiger partial charge < -0.3 is 15.1 Å². The summed E-state index contributed by atoms with van der Waals surface area (Å²) in [5.41, 5.74) is 0.390. The molecule has 1 aromatic heterocycles. The zero-order chi connectivity index (χ0) is 21.2. The molecule has 1 N–H and O–H groups in total. The van der Waals surface area contributed by atoms with Gasteiger partial charge in [-0.05, 0) is 18.2 Å². The highest BCUT2D eigenvalue weighted by molar-refractivity contribution is 7.07. The van der Waals surface area contributed by atoms with Crippen molar-refractivity contribution in [3.63, 3.8) is 0 Å². The lowest BCUT2D eigenvalue weighted by atomic mass is 10.0. The Morgan fingerprint density at radius 1 is 1.34 bits per heavy atom. The molecule has 3 rings (SSSR count). The first kappa shape index (κ1) is 20.6. The zero-order valence-electron chi connectivity index (χ0n) is 15.2. The van der Waals surface area contributed by atoms with E-state index >= 15 is 0 Å². The van der Waals surface area contributed by atoms with Crippen LogP contribution in [0.25, 0.3) is 0 Å². The number of amides is 2. The Morgan fingerprint density at radius 2 is 2.10 bits per heavy atom. The predicted molar refractivity (Wildman–Crippen MR) is 99.4 cm³/mol. The first-order valence-corrected chi connectivity index (χ1v) is 9.47. The van der Waals surface area contributed by atoms with Crippen LogP contribution in [0.3, 0.4) is 0 Å². The van der Waals surface area contributed by atoms with E-state index in [1.54, 1.807) is 5.38 Å². The number of nitriles is 1. The summed E-state index contributed by atoms with van der Waals surface area (Å²) in [4.78, 5) is 31.9. The molecule has 0 saturated carbocycles. The van der Waals surface area contributed by atoms with E-state index in [-0.39, 0.29) is 36.9 Å². The number of aromatic nitrogens is 1. The fraction of sp³-hybridized carbons (Fsp3) is 0.333. The molecular formula is C18H16F3N5O2S. The van der Waals surface area contributed by atoms with E-state index in [1.807, 2.05) is 0 Å². The van der Waals surface area contributed by atoms with Gasteiger partial charge in [-0.3, -0.25) is 9.59 Å². The maximum atomic E-state index is 13.3. The van der Waals surface area contributed by atoms with Crippen LogP contribution >= 0.6 is 11.3 Å². The number of likely N-dealkylation sites (N-methyl/N-ethyl adjacent to an activating group) is 1. The molecule has 29 heavy (non-hydrogen) atoms. The van der Waals surface area contributed by atoms with Crippen molar-refractivity contribution in [1.82, 2.24) is 15.2 Å². The molecule has 0 spiro atoms. The number of rotatable bonds is 3. The van der Waals surface area contributed by atoms with Crippen LogP contribution in [0.4, 0.5) is 18.9 Å². The molecule has 1 unspecified atom stereocenters. The number of carbonyl (C=O) groups is 2. The van der Waals surface area contributed by atoms with Crippen molar-refractivity contribution < 1.29 is 22.8 Å². The van der Waals surface area contributed by atoms with E-state index in [1.165, 1.54) is 45.8 Å². The molecule has 7 nitrogen and oxygen atoms in total. The Bertz CT molecular complexity index is 955. The largest absolute Gasteiger partial charge is 0.417 e. The van der Waals surface area contributed by atoms with Crippen LogP contribution in [0.2, 0.25) is 0 Å². The van der Waals surface area contributed by atoms with Gasteiger partial charge in [0.25, 0.3) is 5.91 Å². The van der Waals surface area contributed by atoms with Gasteiger partial charge in [-0.1, -0.05) is 0 Å². The topological polar surface area (TPSA) is 89.3 Å². The third kappa shape index (κ3) is 4.17. The van der Waals surface area contributed by atoms with E-state index < -0.39 is 29.3 Å². The second-order valence-corrected chi connectivity index (χ2v) is 7.01. The van der Waals surface area contributed by atoms with Crippen LogP contribution in [0, 0.1) is 11.3 Å². The van der Waals surface area contributed by atoms with E-state index in [2.05, 4.69) is 10.3 Å². The Balaban J connectivity index is 1.92. The molecule has 11 heteroatoms. The second kappa shape index (κ2) is 8.08. The summed E-state index contributed by atoms with van der Waals surface area (Å²) in [6.07, 6.45) is -4.70. The van der Waals surface area contributed by atoms with Crippen LogP contribution in [-0.2, 0) is 11.0 Å². The fourth-order valence-corrected chi connectivity index (χ4v) is 3.72. The third-order valence-electron chi connectivity index (χ3n) is 4.63. The molecular weight excluding hydrogens is 407 g/mol. The number of carbonyl (C=O) groups excluding carboxylic acids is 2. The van der Waals surface area contributed by atoms with Crippen molar-refractivity contribution >= 4 is 28.8 Å². The molecule has 1 aliphatic rings. The summed E-state index contributed by atoms with van der Waals surface area (Å²) in [6, 6.07) is 3.99. The molecule has 0 radical (unpaired) electrons. The van der Waals surface area contributed by atoms with Gasteiger partial charge in [0.15, 0.2) is 0 Å². The quantitative estimate of drug-likeness (QED) is 0.817. The molecule has 1 aromatic carbocycles. The maximum absolute atomic E-state index is 13.3. The smallest absolute Gasteiger partial charge is 0.357 e. The fourth-order valence-electron chi connectivity index (χ4n) is 3.19. The lowest BCUT2D eigenvalue weighted by molar-refractivity contribution is -0.137. The maximum Gasteiger partial charge on any atom is 0.417 e. The second-order valence-electron chi connectivity index (χ2n) is 6.29. The van der Waals surface area contributed by atoms with Crippen LogP contribution in [0.5, 0.6) is 0 Å². The number of hydrogen-bond donors (Lipinski definition) is 1. The highest BCUT2D eigenvalue weighted by Gasteiger charge is 2.38. The number of thiazole rings is 1. The summed E-state index contributed by atoms with van der Waals surface area (Å²) in [7, 11) is 1.42. The number of nitrogens with zero attached hydrogens (tertiary/aromatic N) is 4. The summed E-state index contributed by atoms with van der Waals surface area (Å²) in [6.45, 7) is 0.361. The van der Waals surface area contributed by atoms with Gasteiger partial charge in [0.2, 0.25) is 5.91 Å². The van der Waals surface area contributed by atoms with E-state index in [9.17, 15) is 22.8 Å².